The van der Waals surface area contributed by atoms with Crippen molar-refractivity contribution in [1.29, 1.82) is 0 Å². The number of benzene rings is 2. The van der Waals surface area contributed by atoms with Gasteiger partial charge in [-0.2, -0.15) is 0 Å². The lowest BCUT2D eigenvalue weighted by molar-refractivity contribution is 0.521. The van der Waals surface area contributed by atoms with E-state index in [4.69, 9.17) is 23.2 Å². The highest BCUT2D eigenvalue weighted by Gasteiger charge is 2.14. The highest BCUT2D eigenvalue weighted by atomic mass is 79.9. The van der Waals surface area contributed by atoms with Gasteiger partial charge < -0.3 is 5.32 Å². The largest absolute Gasteiger partial charge is 0.314 e. The summed E-state index contributed by atoms with van der Waals surface area (Å²) in [5.41, 5.74) is 2.31. The fourth-order valence-corrected chi connectivity index (χ4v) is 3.43. The Kier molecular flexibility index (Phi) is 6.56. The first-order valence-electron chi connectivity index (χ1n) is 7.01. The van der Waals surface area contributed by atoms with Crippen molar-refractivity contribution >= 4 is 39.1 Å². The third-order valence-corrected chi connectivity index (χ3v) is 4.58. The van der Waals surface area contributed by atoms with Crippen LogP contribution in [0.1, 0.15) is 18.1 Å². The van der Waals surface area contributed by atoms with Crippen LogP contribution in [0.3, 0.4) is 0 Å². The predicted octanol–water partition coefficient (Wildman–Crippen LogP) is 5.52. The van der Waals surface area contributed by atoms with Crippen LogP contribution in [0.15, 0.2) is 46.9 Å². The normalized spacial score (nSPS) is 12.4. The van der Waals surface area contributed by atoms with Crippen LogP contribution < -0.4 is 5.32 Å². The number of likely N-dealkylation sites (N-methyl/N-ethyl adjacent to an activating group) is 1. The third-order valence-electron chi connectivity index (χ3n) is 3.38. The van der Waals surface area contributed by atoms with Crippen LogP contribution in [0, 0.1) is 0 Å². The van der Waals surface area contributed by atoms with Gasteiger partial charge in [-0.15, -0.1) is 0 Å². The SMILES string of the molecule is CCNC(Cc1cccc(Br)c1)Cc1c(Cl)cccc1Cl. The van der Waals surface area contributed by atoms with Crippen LogP contribution in [0.2, 0.25) is 10.0 Å². The van der Waals surface area contributed by atoms with Crippen molar-refractivity contribution < 1.29 is 0 Å². The Hall–Kier alpha value is -0.540. The number of hydrogen-bond acceptors (Lipinski definition) is 1. The standard InChI is InChI=1S/C17H18BrCl2N/c1-2-21-14(10-12-5-3-6-13(18)9-12)11-15-16(19)7-4-8-17(15)20/h3-9,14,21H,2,10-11H2,1H3. The molecule has 2 rings (SSSR count). The van der Waals surface area contributed by atoms with E-state index in [0.29, 0.717) is 6.04 Å². The van der Waals surface area contributed by atoms with Gasteiger partial charge in [0.25, 0.3) is 0 Å². The molecule has 1 atom stereocenters. The van der Waals surface area contributed by atoms with Gasteiger partial charge in [0.1, 0.15) is 0 Å². The lowest BCUT2D eigenvalue weighted by Gasteiger charge is -2.19. The minimum atomic E-state index is 0.307. The molecule has 1 N–H and O–H groups in total. The average Bonchev–Trinajstić information content (AvgIpc) is 2.43. The molecule has 0 amide bonds. The Balaban J connectivity index is 2.16. The summed E-state index contributed by atoms with van der Waals surface area (Å²) in [6.45, 7) is 3.03. The zero-order valence-corrected chi connectivity index (χ0v) is 15.0. The van der Waals surface area contributed by atoms with Crippen molar-refractivity contribution in [3.05, 3.63) is 68.1 Å². The van der Waals surface area contributed by atoms with Crippen LogP contribution in [0.25, 0.3) is 0 Å². The molecule has 0 aliphatic carbocycles. The van der Waals surface area contributed by atoms with Crippen LogP contribution in [-0.4, -0.2) is 12.6 Å². The van der Waals surface area contributed by atoms with Gasteiger partial charge in [-0.05, 0) is 54.8 Å². The van der Waals surface area contributed by atoms with Crippen LogP contribution in [0.4, 0.5) is 0 Å². The summed E-state index contributed by atoms with van der Waals surface area (Å²) in [5, 5.41) is 4.99. The summed E-state index contributed by atoms with van der Waals surface area (Å²) in [5.74, 6) is 0. The average molecular weight is 387 g/mol. The Labute approximate surface area is 144 Å². The molecule has 0 aliphatic heterocycles. The van der Waals surface area contributed by atoms with Crippen molar-refractivity contribution in [1.82, 2.24) is 5.32 Å². The van der Waals surface area contributed by atoms with E-state index in [9.17, 15) is 0 Å². The fourth-order valence-electron chi connectivity index (χ4n) is 2.43. The molecule has 2 aromatic carbocycles. The molecule has 0 spiro atoms. The molecular weight excluding hydrogens is 369 g/mol. The maximum Gasteiger partial charge on any atom is 0.0453 e. The van der Waals surface area contributed by atoms with Gasteiger partial charge in [-0.25, -0.2) is 0 Å². The van der Waals surface area contributed by atoms with Gasteiger partial charge in [-0.3, -0.25) is 0 Å². The van der Waals surface area contributed by atoms with Gasteiger partial charge >= 0.3 is 0 Å². The number of halogens is 3. The van der Waals surface area contributed by atoms with Crippen LogP contribution >= 0.6 is 39.1 Å². The van der Waals surface area contributed by atoms with Crippen molar-refractivity contribution in [2.45, 2.75) is 25.8 Å². The predicted molar refractivity (Wildman–Crippen MR) is 95.5 cm³/mol. The minimum absolute atomic E-state index is 0.307. The van der Waals surface area contributed by atoms with Crippen LogP contribution in [0.5, 0.6) is 0 Å². The van der Waals surface area contributed by atoms with E-state index < -0.39 is 0 Å². The smallest absolute Gasteiger partial charge is 0.0453 e. The van der Waals surface area contributed by atoms with E-state index in [1.165, 1.54) is 5.56 Å². The molecule has 0 bridgehead atoms. The quantitative estimate of drug-likeness (QED) is 0.689. The molecule has 0 saturated heterocycles. The second kappa shape index (κ2) is 8.19. The number of hydrogen-bond donors (Lipinski definition) is 1. The molecule has 0 aromatic heterocycles. The molecule has 0 fully saturated rings. The summed E-state index contributed by atoms with van der Waals surface area (Å²) in [4.78, 5) is 0. The second-order valence-electron chi connectivity index (χ2n) is 4.99. The number of rotatable bonds is 6. The molecule has 1 nitrogen and oxygen atoms in total. The molecule has 0 saturated carbocycles. The monoisotopic (exact) mass is 385 g/mol. The molecule has 21 heavy (non-hydrogen) atoms. The van der Waals surface area contributed by atoms with Crippen molar-refractivity contribution in [2.24, 2.45) is 0 Å². The third kappa shape index (κ3) is 5.00. The molecular formula is C17H18BrCl2N. The number of nitrogens with one attached hydrogen (secondary N) is 1. The molecule has 0 radical (unpaired) electrons. The van der Waals surface area contributed by atoms with Gasteiger partial charge in [0.2, 0.25) is 0 Å². The van der Waals surface area contributed by atoms with Crippen molar-refractivity contribution in [3.63, 3.8) is 0 Å². The first-order valence-corrected chi connectivity index (χ1v) is 8.55. The van der Waals surface area contributed by atoms with Gasteiger partial charge in [0, 0.05) is 20.6 Å². The van der Waals surface area contributed by atoms with Crippen molar-refractivity contribution in [3.8, 4) is 0 Å². The summed E-state index contributed by atoms with van der Waals surface area (Å²) in [6, 6.07) is 14.4. The molecule has 1 unspecified atom stereocenters. The summed E-state index contributed by atoms with van der Waals surface area (Å²) in [7, 11) is 0. The van der Waals surface area contributed by atoms with E-state index in [2.05, 4.69) is 46.4 Å². The maximum atomic E-state index is 6.28. The Morgan fingerprint density at radius 3 is 2.33 bits per heavy atom. The van der Waals surface area contributed by atoms with Gasteiger partial charge in [0.05, 0.1) is 0 Å². The lowest BCUT2D eigenvalue weighted by Crippen LogP contribution is -2.33. The minimum Gasteiger partial charge on any atom is -0.314 e. The van der Waals surface area contributed by atoms with Crippen LogP contribution in [-0.2, 0) is 12.8 Å². The topological polar surface area (TPSA) is 12.0 Å². The molecule has 112 valence electrons. The fraction of sp³-hybridized carbons (Fsp3) is 0.294. The van der Waals surface area contributed by atoms with Gasteiger partial charge in [-0.1, -0.05) is 64.3 Å². The zero-order valence-electron chi connectivity index (χ0n) is 11.9. The van der Waals surface area contributed by atoms with E-state index in [1.54, 1.807) is 0 Å². The maximum absolute atomic E-state index is 6.28. The summed E-state index contributed by atoms with van der Waals surface area (Å²) >= 11 is 16.1. The molecule has 4 heteroatoms. The Morgan fingerprint density at radius 2 is 1.71 bits per heavy atom. The van der Waals surface area contributed by atoms with Gasteiger partial charge in [0.15, 0.2) is 0 Å². The Bertz CT molecular complexity index is 581. The second-order valence-corrected chi connectivity index (χ2v) is 6.72. The Morgan fingerprint density at radius 1 is 1.05 bits per heavy atom. The first-order chi connectivity index (χ1) is 10.1. The highest BCUT2D eigenvalue weighted by Crippen LogP contribution is 2.26. The highest BCUT2D eigenvalue weighted by molar-refractivity contribution is 9.10. The lowest BCUT2D eigenvalue weighted by atomic mass is 9.99. The zero-order chi connectivity index (χ0) is 15.2. The first kappa shape index (κ1) is 16.8. The molecule has 0 heterocycles. The molecule has 2 aromatic rings. The van der Waals surface area contributed by atoms with Crippen molar-refractivity contribution in [2.75, 3.05) is 6.54 Å². The summed E-state index contributed by atoms with van der Waals surface area (Å²) in [6.07, 6.45) is 1.76. The summed E-state index contributed by atoms with van der Waals surface area (Å²) < 4.78 is 1.10. The van der Waals surface area contributed by atoms with E-state index in [0.717, 1.165) is 39.5 Å². The van der Waals surface area contributed by atoms with E-state index in [1.807, 2.05) is 24.3 Å². The van der Waals surface area contributed by atoms with E-state index >= 15 is 0 Å². The van der Waals surface area contributed by atoms with E-state index in [-0.39, 0.29) is 0 Å². The molecule has 0 aliphatic rings.